The Bertz CT molecular complexity index is 196. The summed E-state index contributed by atoms with van der Waals surface area (Å²) in [5, 5.41) is 0. The average molecular weight is 214 g/mol. The van der Waals surface area contributed by atoms with Crippen LogP contribution >= 0.6 is 18.1 Å². The van der Waals surface area contributed by atoms with E-state index in [0.29, 0.717) is 0 Å². The monoisotopic (exact) mass is 213 g/mol. The number of hydrogen-bond acceptors (Lipinski definition) is 0. The molecular formula is C9H11Cl2Mg. The van der Waals surface area contributed by atoms with Crippen molar-refractivity contribution in [2.45, 2.75) is 13.3 Å². The van der Waals surface area contributed by atoms with Gasteiger partial charge in [0.25, 0.3) is 0 Å². The highest BCUT2D eigenvalue weighted by Crippen LogP contribution is 2.02. The van der Waals surface area contributed by atoms with E-state index in [-0.39, 0.29) is 0 Å². The maximum Gasteiger partial charge on any atom is 0.618 e. The second kappa shape index (κ2) is 8.18. The van der Waals surface area contributed by atoms with Crippen molar-refractivity contribution in [3.63, 3.8) is 0 Å². The average Bonchev–Trinajstić information content (AvgIpc) is 2.07. The van der Waals surface area contributed by atoms with E-state index in [2.05, 4.69) is 26.0 Å². The standard InChI is InChI=1S/C9H11.2ClH.Mg/c1-3-9-6-4-8(2)5-7-9;;;/h4-7H,2-3H2,1H3;2*1H;/q;;;+2/p-2. The van der Waals surface area contributed by atoms with Gasteiger partial charge in [0.15, 0.2) is 0 Å². The van der Waals surface area contributed by atoms with E-state index in [0.717, 1.165) is 12.0 Å². The Hall–Kier alpha value is 0.566. The van der Waals surface area contributed by atoms with Crippen LogP contribution in [0.25, 0.3) is 0 Å². The Kier molecular flexibility index (Phi) is 8.56. The zero-order valence-corrected chi connectivity index (χ0v) is 10.1. The first-order valence-electron chi connectivity index (χ1n) is 3.77. The van der Waals surface area contributed by atoms with Gasteiger partial charge in [-0.15, -0.1) is 0 Å². The Morgan fingerprint density at radius 1 is 1.25 bits per heavy atom. The molecule has 1 aromatic carbocycles. The van der Waals surface area contributed by atoms with Gasteiger partial charge in [-0.2, -0.15) is 0 Å². The Morgan fingerprint density at radius 3 is 2.00 bits per heavy atom. The summed E-state index contributed by atoms with van der Waals surface area (Å²) in [6.07, 6.45) is 1.11. The third-order valence-electron chi connectivity index (χ3n) is 1.43. The smallest absolute Gasteiger partial charge is 0.309 e. The van der Waals surface area contributed by atoms with Gasteiger partial charge >= 0.3 is 18.2 Å². The minimum Gasteiger partial charge on any atom is -0.309 e. The summed E-state index contributed by atoms with van der Waals surface area (Å²) in [7, 11) is 9.81. The van der Waals surface area contributed by atoms with Crippen LogP contribution in [0.2, 0.25) is 0 Å². The zero-order valence-electron chi connectivity index (χ0n) is 7.19. The van der Waals surface area contributed by atoms with E-state index in [1.807, 2.05) is 12.1 Å². The van der Waals surface area contributed by atoms with Gasteiger partial charge in [0.1, 0.15) is 0 Å². The summed E-state index contributed by atoms with van der Waals surface area (Å²) < 4.78 is 0. The van der Waals surface area contributed by atoms with Crippen molar-refractivity contribution in [1.29, 1.82) is 0 Å². The fourth-order valence-corrected chi connectivity index (χ4v) is 0.775. The quantitative estimate of drug-likeness (QED) is 0.628. The SMILES string of the molecule is [CH2]c1ccc(CC)cc1.[Cl][Mg][Cl]. The number of benzene rings is 1. The molecule has 0 saturated carbocycles. The van der Waals surface area contributed by atoms with Gasteiger partial charge in [0.2, 0.25) is 0 Å². The van der Waals surface area contributed by atoms with Crippen molar-refractivity contribution in [3.05, 3.63) is 42.3 Å². The Labute approximate surface area is 91.5 Å². The predicted molar refractivity (Wildman–Crippen MR) is 57.7 cm³/mol. The lowest BCUT2D eigenvalue weighted by molar-refractivity contribution is 1.14. The largest absolute Gasteiger partial charge is 0.618 e. The molecule has 12 heavy (non-hydrogen) atoms. The molecule has 1 aromatic rings. The van der Waals surface area contributed by atoms with Crippen LogP contribution in [0.1, 0.15) is 18.1 Å². The van der Waals surface area contributed by atoms with E-state index in [1.165, 1.54) is 5.56 Å². The van der Waals surface area contributed by atoms with Gasteiger partial charge < -0.3 is 18.1 Å². The fraction of sp³-hybridized carbons (Fsp3) is 0.222. The van der Waals surface area contributed by atoms with Crippen molar-refractivity contribution in [3.8, 4) is 0 Å². The van der Waals surface area contributed by atoms with Crippen molar-refractivity contribution in [2.75, 3.05) is 0 Å². The molecule has 0 amide bonds. The van der Waals surface area contributed by atoms with Crippen LogP contribution in [-0.2, 0) is 6.42 Å². The second-order valence-electron chi connectivity index (χ2n) is 2.27. The first-order valence-corrected chi connectivity index (χ1v) is 8.05. The molecule has 0 aliphatic rings. The highest BCUT2D eigenvalue weighted by Gasteiger charge is 1.84. The molecule has 0 aliphatic heterocycles. The topological polar surface area (TPSA) is 0 Å². The molecule has 0 unspecified atom stereocenters. The van der Waals surface area contributed by atoms with Crippen molar-refractivity contribution >= 4 is 36.3 Å². The highest BCUT2D eigenvalue weighted by molar-refractivity contribution is 7.22. The summed E-state index contributed by atoms with van der Waals surface area (Å²) in [6.45, 7) is 5.95. The van der Waals surface area contributed by atoms with Gasteiger partial charge in [-0.3, -0.25) is 0 Å². The van der Waals surface area contributed by atoms with E-state index in [9.17, 15) is 0 Å². The lowest BCUT2D eigenvalue weighted by Gasteiger charge is -1.94. The maximum absolute atomic E-state index is 4.90. The van der Waals surface area contributed by atoms with Crippen LogP contribution in [0, 0.1) is 6.92 Å². The van der Waals surface area contributed by atoms with Gasteiger partial charge in [-0.1, -0.05) is 31.2 Å². The van der Waals surface area contributed by atoms with Crippen LogP contribution in [0.5, 0.6) is 0 Å². The molecule has 0 saturated heterocycles. The molecule has 1 rings (SSSR count). The number of rotatable bonds is 1. The first kappa shape index (κ1) is 12.6. The van der Waals surface area contributed by atoms with E-state index < -0.39 is 18.2 Å². The lowest BCUT2D eigenvalue weighted by atomic mass is 10.1. The van der Waals surface area contributed by atoms with Gasteiger partial charge in [-0.05, 0) is 24.5 Å². The number of hydrogen-bond donors (Lipinski definition) is 0. The first-order chi connectivity index (χ1) is 5.74. The fourth-order valence-electron chi connectivity index (χ4n) is 0.775. The summed E-state index contributed by atoms with van der Waals surface area (Å²) >= 11 is -0.639. The molecular weight excluding hydrogens is 203 g/mol. The molecule has 0 aromatic heterocycles. The molecule has 0 atom stereocenters. The molecule has 0 heterocycles. The molecule has 0 fully saturated rings. The Balaban J connectivity index is 0.000000354. The van der Waals surface area contributed by atoms with Crippen molar-refractivity contribution < 1.29 is 0 Å². The second-order valence-corrected chi connectivity index (χ2v) is 4.90. The highest BCUT2D eigenvalue weighted by atomic mass is 35.6. The van der Waals surface area contributed by atoms with Gasteiger partial charge in [0, 0.05) is 0 Å². The molecule has 0 spiro atoms. The minimum absolute atomic E-state index is 0.639. The molecule has 0 aliphatic carbocycles. The van der Waals surface area contributed by atoms with Crippen LogP contribution in [0.4, 0.5) is 0 Å². The minimum atomic E-state index is -0.639. The summed E-state index contributed by atoms with van der Waals surface area (Å²) in [4.78, 5) is 0. The van der Waals surface area contributed by atoms with E-state index >= 15 is 0 Å². The lowest BCUT2D eigenvalue weighted by Crippen LogP contribution is -1.77. The van der Waals surface area contributed by atoms with Crippen LogP contribution in [0.15, 0.2) is 24.3 Å². The zero-order chi connectivity index (χ0) is 9.40. The van der Waals surface area contributed by atoms with Crippen molar-refractivity contribution in [1.82, 2.24) is 0 Å². The predicted octanol–water partition coefficient (Wildman–Crippen LogP) is 3.43. The summed E-state index contributed by atoms with van der Waals surface area (Å²) in [5.74, 6) is 0. The van der Waals surface area contributed by atoms with Gasteiger partial charge in [0.05, 0.1) is 0 Å². The van der Waals surface area contributed by atoms with Gasteiger partial charge in [-0.25, -0.2) is 0 Å². The molecule has 0 N–H and O–H groups in total. The number of aryl methyl sites for hydroxylation is 1. The third-order valence-corrected chi connectivity index (χ3v) is 1.43. The maximum atomic E-state index is 4.90. The van der Waals surface area contributed by atoms with Crippen LogP contribution in [0.3, 0.4) is 0 Å². The molecule has 1 radical (unpaired) electrons. The summed E-state index contributed by atoms with van der Waals surface area (Å²) in [5.41, 5.74) is 2.47. The van der Waals surface area contributed by atoms with Crippen molar-refractivity contribution in [2.24, 2.45) is 0 Å². The summed E-state index contributed by atoms with van der Waals surface area (Å²) in [6, 6.07) is 8.31. The third kappa shape index (κ3) is 6.12. The number of halogens is 2. The molecule has 63 valence electrons. The molecule has 0 bridgehead atoms. The van der Waals surface area contributed by atoms with E-state index in [1.54, 1.807) is 0 Å². The Morgan fingerprint density at radius 2 is 1.67 bits per heavy atom. The molecule has 3 heteroatoms. The van der Waals surface area contributed by atoms with Crippen LogP contribution in [-0.4, -0.2) is 18.2 Å². The normalized spacial score (nSPS) is 8.00. The molecule has 0 nitrogen and oxygen atoms in total. The van der Waals surface area contributed by atoms with Crippen LogP contribution < -0.4 is 0 Å². The van der Waals surface area contributed by atoms with E-state index in [4.69, 9.17) is 18.1 Å².